The van der Waals surface area contributed by atoms with Crippen molar-refractivity contribution in [3.63, 3.8) is 0 Å². The SMILES string of the molecule is Cc1cccc(NC(=O)c2csc3nc(-c4ccccc4)cn23)c1. The lowest BCUT2D eigenvalue weighted by Crippen LogP contribution is -2.13. The third-order valence-corrected chi connectivity index (χ3v) is 4.63. The highest BCUT2D eigenvalue weighted by molar-refractivity contribution is 7.15. The van der Waals surface area contributed by atoms with E-state index in [4.69, 9.17) is 0 Å². The summed E-state index contributed by atoms with van der Waals surface area (Å²) in [4.78, 5) is 18.0. The van der Waals surface area contributed by atoms with Gasteiger partial charge in [-0.1, -0.05) is 42.5 Å². The summed E-state index contributed by atoms with van der Waals surface area (Å²) in [6, 6.07) is 17.7. The van der Waals surface area contributed by atoms with Crippen molar-refractivity contribution < 1.29 is 4.79 Å². The number of benzene rings is 2. The van der Waals surface area contributed by atoms with Crippen LogP contribution in [0.5, 0.6) is 0 Å². The molecule has 0 aliphatic rings. The van der Waals surface area contributed by atoms with Crippen LogP contribution in [-0.2, 0) is 0 Å². The molecule has 2 aromatic heterocycles. The second-order valence-electron chi connectivity index (χ2n) is 5.59. The zero-order valence-electron chi connectivity index (χ0n) is 13.1. The lowest BCUT2D eigenvalue weighted by atomic mass is 10.2. The average molecular weight is 333 g/mol. The fraction of sp³-hybridized carbons (Fsp3) is 0.0526. The molecule has 4 nitrogen and oxygen atoms in total. The molecule has 0 spiro atoms. The Kier molecular flexibility index (Phi) is 3.63. The number of hydrogen-bond donors (Lipinski definition) is 1. The minimum Gasteiger partial charge on any atom is -0.321 e. The molecular formula is C19H15N3OS. The standard InChI is InChI=1S/C19H15N3OS/c1-13-6-5-9-15(10-13)20-18(23)17-12-24-19-21-16(11-22(17)19)14-7-3-2-4-8-14/h2-12H,1H3,(H,20,23). The van der Waals surface area contributed by atoms with E-state index in [0.717, 1.165) is 27.5 Å². The predicted octanol–water partition coefficient (Wildman–Crippen LogP) is 4.62. The van der Waals surface area contributed by atoms with Crippen LogP contribution in [0.15, 0.2) is 66.2 Å². The quantitative estimate of drug-likeness (QED) is 0.594. The number of thiazole rings is 1. The van der Waals surface area contributed by atoms with Crippen molar-refractivity contribution in [2.75, 3.05) is 5.32 Å². The van der Waals surface area contributed by atoms with E-state index in [-0.39, 0.29) is 5.91 Å². The van der Waals surface area contributed by atoms with Crippen LogP contribution in [0, 0.1) is 6.92 Å². The lowest BCUT2D eigenvalue weighted by molar-refractivity contribution is 0.102. The monoisotopic (exact) mass is 333 g/mol. The summed E-state index contributed by atoms with van der Waals surface area (Å²) >= 11 is 1.46. The van der Waals surface area contributed by atoms with E-state index in [9.17, 15) is 4.79 Å². The zero-order chi connectivity index (χ0) is 16.5. The van der Waals surface area contributed by atoms with E-state index in [1.807, 2.05) is 77.5 Å². The van der Waals surface area contributed by atoms with Gasteiger partial charge in [0, 0.05) is 22.8 Å². The molecule has 1 amide bonds. The number of hydrogen-bond acceptors (Lipinski definition) is 3. The smallest absolute Gasteiger partial charge is 0.273 e. The van der Waals surface area contributed by atoms with Gasteiger partial charge in [-0.25, -0.2) is 4.98 Å². The molecule has 0 bridgehead atoms. The number of aromatic nitrogens is 2. The first-order valence-electron chi connectivity index (χ1n) is 7.61. The van der Waals surface area contributed by atoms with Crippen LogP contribution in [0.1, 0.15) is 16.1 Å². The first-order chi connectivity index (χ1) is 11.7. The van der Waals surface area contributed by atoms with Crippen LogP contribution < -0.4 is 5.32 Å². The van der Waals surface area contributed by atoms with E-state index in [1.165, 1.54) is 11.3 Å². The third kappa shape index (κ3) is 2.70. The molecule has 0 aliphatic heterocycles. The Bertz CT molecular complexity index is 1020. The minimum atomic E-state index is -0.135. The minimum absolute atomic E-state index is 0.135. The van der Waals surface area contributed by atoms with E-state index < -0.39 is 0 Å². The van der Waals surface area contributed by atoms with Gasteiger partial charge in [0.05, 0.1) is 5.69 Å². The van der Waals surface area contributed by atoms with Crippen LogP contribution in [0.3, 0.4) is 0 Å². The lowest BCUT2D eigenvalue weighted by Gasteiger charge is -2.05. The molecule has 0 saturated carbocycles. The summed E-state index contributed by atoms with van der Waals surface area (Å²) in [7, 11) is 0. The molecule has 4 rings (SSSR count). The molecule has 4 aromatic rings. The number of nitrogens with one attached hydrogen (secondary N) is 1. The van der Waals surface area contributed by atoms with Gasteiger partial charge < -0.3 is 5.32 Å². The molecule has 0 aliphatic carbocycles. The predicted molar refractivity (Wildman–Crippen MR) is 97.6 cm³/mol. The second-order valence-corrected chi connectivity index (χ2v) is 6.43. The molecule has 118 valence electrons. The van der Waals surface area contributed by atoms with Crippen LogP contribution in [0.25, 0.3) is 16.2 Å². The number of carbonyl (C=O) groups excluding carboxylic acids is 1. The Morgan fingerprint density at radius 1 is 1.12 bits per heavy atom. The van der Waals surface area contributed by atoms with Crippen molar-refractivity contribution in [3.8, 4) is 11.3 Å². The molecule has 0 radical (unpaired) electrons. The van der Waals surface area contributed by atoms with Gasteiger partial charge in [-0.2, -0.15) is 0 Å². The molecule has 0 fully saturated rings. The molecule has 24 heavy (non-hydrogen) atoms. The number of fused-ring (bicyclic) bond motifs is 1. The first-order valence-corrected chi connectivity index (χ1v) is 8.49. The van der Waals surface area contributed by atoms with Crippen molar-refractivity contribution >= 4 is 27.9 Å². The molecule has 0 atom stereocenters. The molecular weight excluding hydrogens is 318 g/mol. The zero-order valence-corrected chi connectivity index (χ0v) is 13.9. The Morgan fingerprint density at radius 3 is 2.75 bits per heavy atom. The number of aryl methyl sites for hydroxylation is 1. The number of imidazole rings is 1. The molecule has 0 unspecified atom stereocenters. The van der Waals surface area contributed by atoms with Gasteiger partial charge in [0.1, 0.15) is 5.69 Å². The van der Waals surface area contributed by atoms with Gasteiger partial charge in [-0.3, -0.25) is 9.20 Å². The topological polar surface area (TPSA) is 46.4 Å². The van der Waals surface area contributed by atoms with Crippen LogP contribution in [0.4, 0.5) is 5.69 Å². The Hall–Kier alpha value is -2.92. The maximum absolute atomic E-state index is 12.6. The molecule has 2 heterocycles. The average Bonchev–Trinajstić information content (AvgIpc) is 3.16. The molecule has 5 heteroatoms. The normalized spacial score (nSPS) is 10.9. The number of anilines is 1. The number of nitrogens with zero attached hydrogens (tertiary/aromatic N) is 2. The largest absolute Gasteiger partial charge is 0.321 e. The van der Waals surface area contributed by atoms with Crippen molar-refractivity contribution in [2.45, 2.75) is 6.92 Å². The highest BCUT2D eigenvalue weighted by atomic mass is 32.1. The van der Waals surface area contributed by atoms with E-state index in [1.54, 1.807) is 0 Å². The fourth-order valence-electron chi connectivity index (χ4n) is 2.61. The molecule has 2 aromatic carbocycles. The van der Waals surface area contributed by atoms with Gasteiger partial charge in [-0.05, 0) is 24.6 Å². The second kappa shape index (κ2) is 5.94. The van der Waals surface area contributed by atoms with Gasteiger partial charge in [-0.15, -0.1) is 11.3 Å². The Balaban J connectivity index is 1.67. The fourth-order valence-corrected chi connectivity index (χ4v) is 3.47. The summed E-state index contributed by atoms with van der Waals surface area (Å²) in [5.41, 5.74) is 4.40. The van der Waals surface area contributed by atoms with Gasteiger partial charge in [0.25, 0.3) is 5.91 Å². The number of rotatable bonds is 3. The summed E-state index contributed by atoms with van der Waals surface area (Å²) in [5.74, 6) is -0.135. The van der Waals surface area contributed by atoms with Gasteiger partial charge in [0.2, 0.25) is 0 Å². The first kappa shape index (κ1) is 14.7. The highest BCUT2D eigenvalue weighted by Crippen LogP contribution is 2.24. The third-order valence-electron chi connectivity index (χ3n) is 3.79. The van der Waals surface area contributed by atoms with Crippen molar-refractivity contribution in [3.05, 3.63) is 77.4 Å². The van der Waals surface area contributed by atoms with E-state index in [2.05, 4.69) is 10.3 Å². The number of carbonyl (C=O) groups is 1. The van der Waals surface area contributed by atoms with Crippen LogP contribution in [-0.4, -0.2) is 15.3 Å². The van der Waals surface area contributed by atoms with Crippen LogP contribution in [0.2, 0.25) is 0 Å². The van der Waals surface area contributed by atoms with E-state index in [0.29, 0.717) is 5.69 Å². The van der Waals surface area contributed by atoms with Crippen molar-refractivity contribution in [1.29, 1.82) is 0 Å². The van der Waals surface area contributed by atoms with Crippen molar-refractivity contribution in [2.24, 2.45) is 0 Å². The molecule has 0 saturated heterocycles. The maximum Gasteiger partial charge on any atom is 0.273 e. The van der Waals surface area contributed by atoms with Crippen molar-refractivity contribution in [1.82, 2.24) is 9.38 Å². The van der Waals surface area contributed by atoms with Gasteiger partial charge >= 0.3 is 0 Å². The Morgan fingerprint density at radius 2 is 1.96 bits per heavy atom. The summed E-state index contributed by atoms with van der Waals surface area (Å²) in [6.45, 7) is 2.00. The van der Waals surface area contributed by atoms with Crippen LogP contribution >= 0.6 is 11.3 Å². The summed E-state index contributed by atoms with van der Waals surface area (Å²) < 4.78 is 1.85. The highest BCUT2D eigenvalue weighted by Gasteiger charge is 2.15. The number of amides is 1. The maximum atomic E-state index is 12.6. The van der Waals surface area contributed by atoms with Gasteiger partial charge in [0.15, 0.2) is 4.96 Å². The molecule has 1 N–H and O–H groups in total. The Labute approximate surface area is 143 Å². The summed E-state index contributed by atoms with van der Waals surface area (Å²) in [5, 5.41) is 4.78. The summed E-state index contributed by atoms with van der Waals surface area (Å²) in [6.07, 6.45) is 1.91. The van der Waals surface area contributed by atoms with E-state index >= 15 is 0 Å².